The molecular weight excluding hydrogens is 439 g/mol. The standard InChI is InChI=1S/C14H22N4O2.C8H8F3NO/c1-10-9-11(3-4-18-5-7-20-8-6-18)17-13(14(15)19)12(10)16-2;1-3-6(8(9,10)11)4-7(5-13)12-2/h9,16H,3-8H2,1-2H3,(H2,15,19);3-5H,1H2,2H3/b;6-4+,12-7?. The molecule has 0 unspecified atom stereocenters. The first kappa shape index (κ1) is 28.0. The van der Waals surface area contributed by atoms with Gasteiger partial charge >= 0.3 is 6.18 Å². The number of nitrogens with two attached hydrogens (primary N) is 1. The minimum atomic E-state index is -4.50. The van der Waals surface area contributed by atoms with E-state index in [0.29, 0.717) is 23.5 Å². The van der Waals surface area contributed by atoms with Gasteiger partial charge in [-0.05, 0) is 24.6 Å². The fraction of sp³-hybridized carbons (Fsp3) is 0.455. The van der Waals surface area contributed by atoms with Crippen molar-refractivity contribution in [3.05, 3.63) is 47.3 Å². The number of aliphatic imine (C=N–C) groups is 1. The first-order valence-corrected chi connectivity index (χ1v) is 10.2. The molecule has 0 radical (unpaired) electrons. The van der Waals surface area contributed by atoms with Crippen LogP contribution < -0.4 is 11.1 Å². The Bertz CT molecular complexity index is 892. The largest absolute Gasteiger partial charge is 0.416 e. The van der Waals surface area contributed by atoms with E-state index in [2.05, 4.69) is 26.8 Å². The third-order valence-electron chi connectivity index (χ3n) is 4.77. The molecule has 1 saturated heterocycles. The number of hydrogen-bond donors (Lipinski definition) is 2. The minimum absolute atomic E-state index is 0.245. The minimum Gasteiger partial charge on any atom is -0.386 e. The summed E-state index contributed by atoms with van der Waals surface area (Å²) in [5.74, 6) is -0.495. The van der Waals surface area contributed by atoms with Gasteiger partial charge in [0.05, 0.1) is 30.2 Å². The highest BCUT2D eigenvalue weighted by Crippen LogP contribution is 2.26. The van der Waals surface area contributed by atoms with Crippen LogP contribution in [0.5, 0.6) is 0 Å². The molecule has 0 spiro atoms. The van der Waals surface area contributed by atoms with Gasteiger partial charge in [0.25, 0.3) is 5.91 Å². The summed E-state index contributed by atoms with van der Waals surface area (Å²) < 4.78 is 41.5. The second kappa shape index (κ2) is 13.5. The van der Waals surface area contributed by atoms with Crippen LogP contribution in [-0.2, 0) is 16.0 Å². The number of halogens is 3. The molecule has 1 aromatic heterocycles. The van der Waals surface area contributed by atoms with E-state index in [9.17, 15) is 22.8 Å². The maximum Gasteiger partial charge on any atom is 0.416 e. The highest BCUT2D eigenvalue weighted by Gasteiger charge is 2.31. The van der Waals surface area contributed by atoms with Crippen LogP contribution in [0.15, 0.2) is 35.4 Å². The lowest BCUT2D eigenvalue weighted by molar-refractivity contribution is -0.102. The van der Waals surface area contributed by atoms with E-state index in [1.807, 2.05) is 13.0 Å². The second-order valence-electron chi connectivity index (χ2n) is 7.04. The molecule has 182 valence electrons. The molecule has 1 amide bonds. The lowest BCUT2D eigenvalue weighted by atomic mass is 10.1. The number of allylic oxidation sites excluding steroid dienone is 3. The molecular formula is C22H30F3N5O3. The lowest BCUT2D eigenvalue weighted by Gasteiger charge is -2.26. The smallest absolute Gasteiger partial charge is 0.386 e. The van der Waals surface area contributed by atoms with E-state index in [-0.39, 0.29) is 12.0 Å². The van der Waals surface area contributed by atoms with Gasteiger partial charge in [0, 0.05) is 45.8 Å². The second-order valence-corrected chi connectivity index (χ2v) is 7.04. The molecule has 33 heavy (non-hydrogen) atoms. The van der Waals surface area contributed by atoms with Crippen molar-refractivity contribution in [1.29, 1.82) is 0 Å². The number of carbonyl (C=O) groups excluding carboxylic acids is 2. The molecule has 1 aliphatic heterocycles. The van der Waals surface area contributed by atoms with E-state index in [0.717, 1.165) is 50.5 Å². The highest BCUT2D eigenvalue weighted by molar-refractivity contribution is 6.34. The van der Waals surface area contributed by atoms with Gasteiger partial charge in [-0.1, -0.05) is 12.7 Å². The number of morpholine rings is 1. The van der Waals surface area contributed by atoms with E-state index < -0.39 is 17.7 Å². The number of nitrogens with one attached hydrogen (secondary N) is 1. The number of amides is 1. The van der Waals surface area contributed by atoms with Gasteiger partial charge in [0.2, 0.25) is 0 Å². The molecule has 0 atom stereocenters. The molecule has 3 N–H and O–H groups in total. The normalized spacial score (nSPS) is 15.3. The van der Waals surface area contributed by atoms with Crippen molar-refractivity contribution < 1.29 is 27.5 Å². The number of rotatable bonds is 8. The van der Waals surface area contributed by atoms with Gasteiger partial charge in [-0.3, -0.25) is 19.5 Å². The van der Waals surface area contributed by atoms with Crippen LogP contribution in [-0.4, -0.2) is 80.9 Å². The Balaban J connectivity index is 0.000000366. The van der Waals surface area contributed by atoms with Crippen molar-refractivity contribution in [1.82, 2.24) is 9.88 Å². The SMILES string of the molecule is C=C/C(=C\C(C=O)=NC)C(F)(F)F.CNc1c(C)cc(CCN2CCOCC2)nc1C(N)=O. The summed E-state index contributed by atoms with van der Waals surface area (Å²) in [6.07, 6.45) is -2.17. The van der Waals surface area contributed by atoms with Crippen LogP contribution >= 0.6 is 0 Å². The van der Waals surface area contributed by atoms with E-state index >= 15 is 0 Å². The summed E-state index contributed by atoms with van der Waals surface area (Å²) in [5.41, 5.74) is 7.08. The van der Waals surface area contributed by atoms with Crippen LogP contribution in [0.1, 0.15) is 21.7 Å². The number of nitrogens with zero attached hydrogens (tertiary/aromatic N) is 3. The molecule has 11 heteroatoms. The monoisotopic (exact) mass is 469 g/mol. The van der Waals surface area contributed by atoms with Crippen molar-refractivity contribution in [2.45, 2.75) is 19.5 Å². The molecule has 0 aliphatic carbocycles. The number of hydrogen-bond acceptors (Lipinski definition) is 7. The average molecular weight is 470 g/mol. The van der Waals surface area contributed by atoms with Gasteiger partial charge in [-0.15, -0.1) is 0 Å². The van der Waals surface area contributed by atoms with Crippen LogP contribution in [0.25, 0.3) is 0 Å². The molecule has 2 rings (SSSR count). The number of ether oxygens (including phenoxy) is 1. The zero-order valence-electron chi connectivity index (χ0n) is 19.0. The Morgan fingerprint density at radius 3 is 2.48 bits per heavy atom. The van der Waals surface area contributed by atoms with Crippen molar-refractivity contribution >= 4 is 23.6 Å². The number of aryl methyl sites for hydroxylation is 1. The van der Waals surface area contributed by atoms with Crippen molar-refractivity contribution in [3.63, 3.8) is 0 Å². The maximum atomic E-state index is 12.0. The fourth-order valence-electron chi connectivity index (χ4n) is 3.03. The van der Waals surface area contributed by atoms with Gasteiger partial charge in [0.1, 0.15) is 0 Å². The Morgan fingerprint density at radius 1 is 1.39 bits per heavy atom. The van der Waals surface area contributed by atoms with Gasteiger partial charge in [0.15, 0.2) is 12.0 Å². The van der Waals surface area contributed by atoms with Gasteiger partial charge < -0.3 is 15.8 Å². The number of primary amides is 1. The molecule has 2 heterocycles. The van der Waals surface area contributed by atoms with Gasteiger partial charge in [-0.2, -0.15) is 13.2 Å². The third-order valence-corrected chi connectivity index (χ3v) is 4.77. The van der Waals surface area contributed by atoms with Gasteiger partial charge in [-0.25, -0.2) is 4.98 Å². The molecule has 0 bridgehead atoms. The molecule has 1 fully saturated rings. The Hall–Kier alpha value is -3.05. The topological polar surface area (TPSA) is 110 Å². The lowest BCUT2D eigenvalue weighted by Crippen LogP contribution is -2.37. The summed E-state index contributed by atoms with van der Waals surface area (Å²) in [4.78, 5) is 31.7. The fourth-order valence-corrected chi connectivity index (χ4v) is 3.03. The summed E-state index contributed by atoms with van der Waals surface area (Å²) in [5, 5.41) is 2.99. The number of aromatic nitrogens is 1. The number of aldehydes is 1. The molecule has 0 aromatic carbocycles. The van der Waals surface area contributed by atoms with E-state index in [1.54, 1.807) is 7.05 Å². The first-order valence-electron chi connectivity index (χ1n) is 10.2. The molecule has 1 aromatic rings. The van der Waals surface area contributed by atoms with Crippen LogP contribution in [0.4, 0.5) is 18.9 Å². The summed E-state index contributed by atoms with van der Waals surface area (Å²) in [7, 11) is 3.00. The Labute approximate surface area is 191 Å². The Morgan fingerprint density at radius 2 is 2.03 bits per heavy atom. The van der Waals surface area contributed by atoms with Crippen LogP contribution in [0.3, 0.4) is 0 Å². The first-order chi connectivity index (χ1) is 15.6. The number of pyridine rings is 1. The third kappa shape index (κ3) is 9.15. The molecule has 0 saturated carbocycles. The van der Waals surface area contributed by atoms with Crippen LogP contribution in [0.2, 0.25) is 0 Å². The van der Waals surface area contributed by atoms with E-state index in [1.165, 1.54) is 7.05 Å². The number of alkyl halides is 3. The van der Waals surface area contributed by atoms with Crippen LogP contribution in [0, 0.1) is 6.92 Å². The van der Waals surface area contributed by atoms with E-state index in [4.69, 9.17) is 10.5 Å². The number of anilines is 1. The average Bonchev–Trinajstić information content (AvgIpc) is 2.78. The predicted molar refractivity (Wildman–Crippen MR) is 122 cm³/mol. The predicted octanol–water partition coefficient (Wildman–Crippen LogP) is 2.34. The zero-order chi connectivity index (χ0) is 25.0. The quantitative estimate of drug-likeness (QED) is 0.344. The zero-order valence-corrected chi connectivity index (χ0v) is 19.0. The maximum absolute atomic E-state index is 12.0. The summed E-state index contributed by atoms with van der Waals surface area (Å²) in [6, 6.07) is 2.01. The summed E-state index contributed by atoms with van der Waals surface area (Å²) in [6.45, 7) is 9.36. The van der Waals surface area contributed by atoms with Crippen molar-refractivity contribution in [2.75, 3.05) is 52.3 Å². The van der Waals surface area contributed by atoms with Crippen molar-refractivity contribution in [3.8, 4) is 0 Å². The highest BCUT2D eigenvalue weighted by atomic mass is 19.4. The molecule has 1 aliphatic rings. The van der Waals surface area contributed by atoms with Crippen molar-refractivity contribution in [2.24, 2.45) is 10.7 Å². The molecule has 8 nitrogen and oxygen atoms in total. The number of carbonyl (C=O) groups is 2. The summed E-state index contributed by atoms with van der Waals surface area (Å²) >= 11 is 0. The Kier molecular flexibility index (Phi) is 11.4.